The van der Waals surface area contributed by atoms with Crippen LogP contribution in [0.2, 0.25) is 0 Å². The second kappa shape index (κ2) is 5.81. The van der Waals surface area contributed by atoms with Gasteiger partial charge in [0.25, 0.3) is 0 Å². The highest BCUT2D eigenvalue weighted by Crippen LogP contribution is 2.33. The minimum Gasteiger partial charge on any atom is -0.493 e. The minimum absolute atomic E-state index is 0.0866. The third-order valence-electron chi connectivity index (χ3n) is 4.10. The lowest BCUT2D eigenvalue weighted by atomic mass is 9.93. The van der Waals surface area contributed by atoms with Gasteiger partial charge < -0.3 is 15.2 Å². The van der Waals surface area contributed by atoms with E-state index in [2.05, 4.69) is 33.4 Å². The first-order valence-corrected chi connectivity index (χ1v) is 7.87. The van der Waals surface area contributed by atoms with Crippen molar-refractivity contribution in [2.45, 2.75) is 50.8 Å². The zero-order valence-electron chi connectivity index (χ0n) is 11.0. The van der Waals surface area contributed by atoms with E-state index >= 15 is 0 Å². The smallest absolute Gasteiger partial charge is 0.127 e. The van der Waals surface area contributed by atoms with Crippen LogP contribution in [0.25, 0.3) is 0 Å². The molecule has 3 rings (SSSR count). The summed E-state index contributed by atoms with van der Waals surface area (Å²) in [4.78, 5) is 0. The first-order chi connectivity index (χ1) is 9.22. The third-order valence-corrected chi connectivity index (χ3v) is 4.56. The van der Waals surface area contributed by atoms with Crippen LogP contribution in [0, 0.1) is 0 Å². The standard InChI is InChI=1S/C15H20BrNO2/c16-12-7-10-5-6-19-15(10)11(8-12)9-17-13-1-3-14(18)4-2-13/h7-8,13-14,17-18H,1-6,9H2. The summed E-state index contributed by atoms with van der Waals surface area (Å²) in [6.45, 7) is 1.65. The van der Waals surface area contributed by atoms with Crippen molar-refractivity contribution in [3.8, 4) is 5.75 Å². The number of benzene rings is 1. The van der Waals surface area contributed by atoms with Crippen LogP contribution in [0.4, 0.5) is 0 Å². The highest BCUT2D eigenvalue weighted by Gasteiger charge is 2.21. The van der Waals surface area contributed by atoms with Gasteiger partial charge in [-0.05, 0) is 43.4 Å². The molecule has 0 amide bonds. The zero-order valence-corrected chi connectivity index (χ0v) is 12.6. The lowest BCUT2D eigenvalue weighted by molar-refractivity contribution is 0.116. The van der Waals surface area contributed by atoms with Crippen molar-refractivity contribution >= 4 is 15.9 Å². The average Bonchev–Trinajstić information content (AvgIpc) is 2.85. The fourth-order valence-corrected chi connectivity index (χ4v) is 3.56. The second-order valence-electron chi connectivity index (χ2n) is 5.54. The number of hydrogen-bond donors (Lipinski definition) is 2. The molecule has 0 aromatic heterocycles. The van der Waals surface area contributed by atoms with E-state index in [9.17, 15) is 5.11 Å². The fraction of sp³-hybridized carbons (Fsp3) is 0.600. The van der Waals surface area contributed by atoms with Crippen LogP contribution in [0.1, 0.15) is 36.8 Å². The summed E-state index contributed by atoms with van der Waals surface area (Å²) in [6, 6.07) is 4.83. The third kappa shape index (κ3) is 3.12. The van der Waals surface area contributed by atoms with Gasteiger partial charge in [0, 0.05) is 29.0 Å². The molecule has 0 spiro atoms. The number of ether oxygens (including phenoxy) is 1. The molecule has 1 fully saturated rings. The average molecular weight is 326 g/mol. The normalized spacial score (nSPS) is 26.0. The number of aliphatic hydroxyl groups is 1. The molecule has 3 nitrogen and oxygen atoms in total. The summed E-state index contributed by atoms with van der Waals surface area (Å²) >= 11 is 3.57. The molecule has 2 N–H and O–H groups in total. The topological polar surface area (TPSA) is 41.5 Å². The van der Waals surface area contributed by atoms with Gasteiger partial charge in [-0.2, -0.15) is 0 Å². The molecule has 1 aliphatic heterocycles. The Morgan fingerprint density at radius 2 is 2.05 bits per heavy atom. The van der Waals surface area contributed by atoms with Crippen molar-refractivity contribution in [3.05, 3.63) is 27.7 Å². The largest absolute Gasteiger partial charge is 0.493 e. The molecule has 1 aromatic rings. The van der Waals surface area contributed by atoms with Gasteiger partial charge in [0.15, 0.2) is 0 Å². The molecule has 1 aliphatic carbocycles. The highest BCUT2D eigenvalue weighted by molar-refractivity contribution is 9.10. The van der Waals surface area contributed by atoms with Gasteiger partial charge in [0.05, 0.1) is 12.7 Å². The predicted molar refractivity (Wildman–Crippen MR) is 78.4 cm³/mol. The summed E-state index contributed by atoms with van der Waals surface area (Å²) in [6.07, 6.45) is 4.90. The molecule has 1 saturated carbocycles. The molecule has 0 atom stereocenters. The van der Waals surface area contributed by atoms with Crippen molar-refractivity contribution < 1.29 is 9.84 Å². The van der Waals surface area contributed by atoms with E-state index in [1.54, 1.807) is 0 Å². The van der Waals surface area contributed by atoms with E-state index < -0.39 is 0 Å². The van der Waals surface area contributed by atoms with Crippen LogP contribution in [-0.4, -0.2) is 23.9 Å². The van der Waals surface area contributed by atoms with E-state index in [-0.39, 0.29) is 6.10 Å². The van der Waals surface area contributed by atoms with Gasteiger partial charge in [-0.25, -0.2) is 0 Å². The molecule has 0 bridgehead atoms. The summed E-state index contributed by atoms with van der Waals surface area (Å²) < 4.78 is 6.87. The first-order valence-electron chi connectivity index (χ1n) is 7.08. The lowest BCUT2D eigenvalue weighted by Gasteiger charge is -2.26. The number of halogens is 1. The van der Waals surface area contributed by atoms with E-state index in [1.165, 1.54) is 11.1 Å². The Morgan fingerprint density at radius 1 is 1.26 bits per heavy atom. The fourth-order valence-electron chi connectivity index (χ4n) is 3.01. The maximum atomic E-state index is 9.52. The number of nitrogens with one attached hydrogen (secondary N) is 1. The van der Waals surface area contributed by atoms with Crippen molar-refractivity contribution in [2.24, 2.45) is 0 Å². The molecule has 2 aliphatic rings. The Morgan fingerprint density at radius 3 is 2.84 bits per heavy atom. The number of rotatable bonds is 3. The summed E-state index contributed by atoms with van der Waals surface area (Å²) in [5.41, 5.74) is 2.55. The SMILES string of the molecule is OC1CCC(NCc2cc(Br)cc3c2OCC3)CC1. The number of hydrogen-bond acceptors (Lipinski definition) is 3. The monoisotopic (exact) mass is 325 g/mol. The molecule has 0 radical (unpaired) electrons. The van der Waals surface area contributed by atoms with E-state index in [1.807, 2.05) is 0 Å². The predicted octanol–water partition coefficient (Wildman–Crippen LogP) is 2.78. The van der Waals surface area contributed by atoms with Crippen molar-refractivity contribution in [1.29, 1.82) is 0 Å². The molecule has 1 heterocycles. The van der Waals surface area contributed by atoms with Crippen LogP contribution in [0.3, 0.4) is 0 Å². The van der Waals surface area contributed by atoms with Crippen LogP contribution in [-0.2, 0) is 13.0 Å². The van der Waals surface area contributed by atoms with Gasteiger partial charge in [0.2, 0.25) is 0 Å². The molecular formula is C15H20BrNO2. The Hall–Kier alpha value is -0.580. The van der Waals surface area contributed by atoms with E-state index in [4.69, 9.17) is 4.74 Å². The van der Waals surface area contributed by atoms with Crippen LogP contribution in [0.15, 0.2) is 16.6 Å². The second-order valence-corrected chi connectivity index (χ2v) is 6.45. The van der Waals surface area contributed by atoms with Crippen molar-refractivity contribution in [2.75, 3.05) is 6.61 Å². The zero-order chi connectivity index (χ0) is 13.2. The quantitative estimate of drug-likeness (QED) is 0.897. The first kappa shape index (κ1) is 13.4. The maximum Gasteiger partial charge on any atom is 0.127 e. The Balaban J connectivity index is 1.64. The van der Waals surface area contributed by atoms with Gasteiger partial charge in [0.1, 0.15) is 5.75 Å². The summed E-state index contributed by atoms with van der Waals surface area (Å²) in [7, 11) is 0. The Bertz CT molecular complexity index is 456. The molecule has 4 heteroatoms. The highest BCUT2D eigenvalue weighted by atomic mass is 79.9. The van der Waals surface area contributed by atoms with Crippen molar-refractivity contribution in [1.82, 2.24) is 5.32 Å². The van der Waals surface area contributed by atoms with Crippen LogP contribution >= 0.6 is 15.9 Å². The lowest BCUT2D eigenvalue weighted by Crippen LogP contribution is -2.34. The van der Waals surface area contributed by atoms with E-state index in [0.717, 1.165) is 55.5 Å². The summed E-state index contributed by atoms with van der Waals surface area (Å²) in [5.74, 6) is 1.08. The minimum atomic E-state index is -0.0866. The molecule has 104 valence electrons. The molecule has 19 heavy (non-hydrogen) atoms. The molecular weight excluding hydrogens is 306 g/mol. The number of fused-ring (bicyclic) bond motifs is 1. The molecule has 1 aromatic carbocycles. The number of aliphatic hydroxyl groups excluding tert-OH is 1. The van der Waals surface area contributed by atoms with Gasteiger partial charge in [-0.3, -0.25) is 0 Å². The van der Waals surface area contributed by atoms with Gasteiger partial charge >= 0.3 is 0 Å². The Kier molecular flexibility index (Phi) is 4.10. The van der Waals surface area contributed by atoms with Crippen LogP contribution < -0.4 is 10.1 Å². The molecule has 0 unspecified atom stereocenters. The molecule has 0 saturated heterocycles. The maximum absolute atomic E-state index is 9.52. The van der Waals surface area contributed by atoms with E-state index in [0.29, 0.717) is 6.04 Å². The Labute approximate surface area is 122 Å². The van der Waals surface area contributed by atoms with Gasteiger partial charge in [-0.15, -0.1) is 0 Å². The summed E-state index contributed by atoms with van der Waals surface area (Å²) in [5, 5.41) is 13.1. The van der Waals surface area contributed by atoms with Gasteiger partial charge in [-0.1, -0.05) is 15.9 Å². The van der Waals surface area contributed by atoms with Crippen molar-refractivity contribution in [3.63, 3.8) is 0 Å². The van der Waals surface area contributed by atoms with Crippen LogP contribution in [0.5, 0.6) is 5.75 Å².